The zero-order valence-electron chi connectivity index (χ0n) is 58.7. The van der Waals surface area contributed by atoms with Gasteiger partial charge in [-0.3, -0.25) is 14.1 Å². The van der Waals surface area contributed by atoms with E-state index in [4.69, 9.17) is 66.6 Å². The summed E-state index contributed by atoms with van der Waals surface area (Å²) in [6.07, 6.45) is -1.67. The van der Waals surface area contributed by atoms with Gasteiger partial charge < -0.3 is 31.2 Å². The summed E-state index contributed by atoms with van der Waals surface area (Å²) in [4.78, 5) is 25.7. The Balaban J connectivity index is 0.000000155. The molecule has 2 unspecified atom stereocenters. The number of pyridine rings is 3. The number of sulfone groups is 3. The number of aliphatic imine (C=N–C) groups is 1. The summed E-state index contributed by atoms with van der Waals surface area (Å²) in [5.74, 6) is -0.482. The molecular weight excluding hydrogens is 1570 g/mol. The Morgan fingerprint density at radius 2 is 0.881 bits per heavy atom. The number of nitrogen functional groups attached to an aromatic ring is 1. The quantitative estimate of drug-likeness (QED) is 0.0458. The lowest BCUT2D eigenvalue weighted by molar-refractivity contribution is -0.0363. The molecule has 8 aromatic heterocycles. The molecule has 2 atom stereocenters. The molecule has 3 aliphatic heterocycles. The molecule has 109 heavy (non-hydrogen) atoms. The van der Waals surface area contributed by atoms with Gasteiger partial charge in [0.05, 0.1) is 94.4 Å². The number of halogens is 10. The van der Waals surface area contributed by atoms with Crippen molar-refractivity contribution < 1.29 is 61.1 Å². The van der Waals surface area contributed by atoms with Crippen LogP contribution < -0.4 is 21.7 Å². The fourth-order valence-corrected chi connectivity index (χ4v) is 15.2. The molecular formula is C70H68Cl4F6N18O8S3. The van der Waals surface area contributed by atoms with Gasteiger partial charge in [0.2, 0.25) is 0 Å². The van der Waals surface area contributed by atoms with Crippen molar-refractivity contribution in [2.45, 2.75) is 125 Å². The SMILES string of the molecule is CS(=O)(=O)c1cc(Cl)ccc1Nc1cc(Cl)nc2c1nc(C(F)F)n2C1CCCCO1.Cc1ccc(Cc2cc(Nc3ccc(Cl)cc3S(C)(=O)=O)c3c(n2)CC(C(F)F)=N3)nn1.Cc1ccc(Cc2cc(Nc3ccc(Cl)cc3S(C)(=O)=O)c3nc(C(F)F)n(C4CCCCO4)c3n2)nn1.Cc1ccc(N)nn1. The zero-order chi connectivity index (χ0) is 78.4. The first-order chi connectivity index (χ1) is 51.6. The lowest BCUT2D eigenvalue weighted by Crippen LogP contribution is -2.20. The maximum atomic E-state index is 14.2. The maximum Gasteiger partial charge on any atom is 0.295 e. The molecule has 26 nitrogen and oxygen atoms in total. The van der Waals surface area contributed by atoms with E-state index in [1.54, 1.807) is 24.3 Å². The highest BCUT2D eigenvalue weighted by atomic mass is 35.5. The van der Waals surface area contributed by atoms with Crippen molar-refractivity contribution in [2.24, 2.45) is 4.99 Å². The number of nitrogens with one attached hydrogen (secondary N) is 3. The number of hydrogen-bond acceptors (Lipinski definition) is 24. The van der Waals surface area contributed by atoms with E-state index in [1.807, 2.05) is 51.1 Å². The van der Waals surface area contributed by atoms with Crippen molar-refractivity contribution >= 4 is 150 Å². The molecule has 574 valence electrons. The van der Waals surface area contributed by atoms with Crippen molar-refractivity contribution in [3.63, 3.8) is 0 Å². The smallest absolute Gasteiger partial charge is 0.295 e. The molecule has 39 heteroatoms. The predicted octanol–water partition coefficient (Wildman–Crippen LogP) is 15.9. The van der Waals surface area contributed by atoms with Crippen LogP contribution in [-0.4, -0.2) is 134 Å². The molecule has 11 heterocycles. The number of hydrogen-bond donors (Lipinski definition) is 4. The van der Waals surface area contributed by atoms with Crippen LogP contribution in [0.25, 0.3) is 22.3 Å². The number of benzene rings is 3. The van der Waals surface area contributed by atoms with Crippen LogP contribution in [-0.2, 0) is 58.2 Å². The number of nitrogens with two attached hydrogens (primary N) is 1. The monoisotopic (exact) mass is 1640 g/mol. The molecule has 0 spiro atoms. The van der Waals surface area contributed by atoms with Crippen LogP contribution in [0.3, 0.4) is 0 Å². The number of nitrogens with zero attached hydrogens (tertiary/aromatic N) is 14. The summed E-state index contributed by atoms with van der Waals surface area (Å²) >= 11 is 24.2. The molecule has 0 saturated carbocycles. The molecule has 3 aromatic carbocycles. The van der Waals surface area contributed by atoms with Gasteiger partial charge in [0.1, 0.15) is 40.1 Å². The van der Waals surface area contributed by atoms with Crippen LogP contribution in [0.15, 0.2) is 129 Å². The van der Waals surface area contributed by atoms with E-state index in [-0.39, 0.29) is 104 Å². The topological polar surface area (TPSA) is 347 Å². The Hall–Kier alpha value is -9.33. The summed E-state index contributed by atoms with van der Waals surface area (Å²) in [5.41, 5.74) is 12.6. The average molecular weight is 1640 g/mol. The van der Waals surface area contributed by atoms with Crippen molar-refractivity contribution in [1.82, 2.24) is 64.6 Å². The Bertz CT molecular complexity index is 5560. The summed E-state index contributed by atoms with van der Waals surface area (Å²) < 4.78 is 171. The van der Waals surface area contributed by atoms with Crippen molar-refractivity contribution in [3.8, 4) is 0 Å². The standard InChI is InChI=1S/C25H25ClF2N6O3S.C21H18ClF2N5O2S.C19H18Cl2F2N4O3S.C5H7N3/c1-14-6-8-16(33-32-14)12-17-13-19(30-18-9-7-15(26)11-20(18)38(2,35)36)22-24(29-17)34(25(31-22)23(27)28)21-5-3-4-10-37-21;1-11-3-5-13(29-28-11)8-14-9-16(20-17(25-14)10-18(27-20)21(23)24)26-15-6-4-12(22)7-19(15)32(2,30)31;1-31(28,29)13-8-10(20)5-6-11(13)24-12-9-14(21)25-18-16(12)26-19(17(22)23)27(18)15-4-2-3-7-30-15;1-4-2-3-5(6)8-7-4/h6-9,11,13,21,23H,3-5,10,12H2,1-2H3,(H,29,30);3-7,9,21H,8,10H2,1-2H3,(H,25,26);5-6,8-9,15,17H,2-4,7H2,1H3,(H,24,25);2-3H,1H3,(H2,6,8). The van der Waals surface area contributed by atoms with E-state index in [0.29, 0.717) is 78.1 Å². The van der Waals surface area contributed by atoms with Gasteiger partial charge in [0, 0.05) is 78.1 Å². The molecule has 2 fully saturated rings. The second kappa shape index (κ2) is 34.3. The second-order valence-electron chi connectivity index (χ2n) is 25.4. The summed E-state index contributed by atoms with van der Waals surface area (Å²) in [6.45, 7) is 6.40. The molecule has 11 aromatic rings. The van der Waals surface area contributed by atoms with Gasteiger partial charge in [-0.2, -0.15) is 25.5 Å². The van der Waals surface area contributed by atoms with Crippen LogP contribution in [0.1, 0.15) is 121 Å². The van der Waals surface area contributed by atoms with Crippen LogP contribution in [0, 0.1) is 20.8 Å². The Morgan fingerprint density at radius 3 is 1.27 bits per heavy atom. The largest absolute Gasteiger partial charge is 0.382 e. The highest BCUT2D eigenvalue weighted by Gasteiger charge is 2.33. The van der Waals surface area contributed by atoms with E-state index in [1.165, 1.54) is 63.7 Å². The summed E-state index contributed by atoms with van der Waals surface area (Å²) in [6, 6.07) is 28.6. The van der Waals surface area contributed by atoms with Gasteiger partial charge in [-0.1, -0.05) is 46.4 Å². The van der Waals surface area contributed by atoms with E-state index in [0.717, 1.165) is 61.5 Å². The lowest BCUT2D eigenvalue weighted by atomic mass is 10.1. The number of anilines is 7. The second-order valence-corrected chi connectivity index (χ2v) is 33.0. The first-order valence-electron chi connectivity index (χ1n) is 33.3. The minimum Gasteiger partial charge on any atom is -0.382 e. The normalized spacial score (nSPS) is 15.2. The molecule has 0 radical (unpaired) electrons. The van der Waals surface area contributed by atoms with E-state index in [2.05, 4.69) is 71.5 Å². The molecule has 0 aliphatic carbocycles. The molecule has 3 aliphatic rings. The van der Waals surface area contributed by atoms with E-state index in [9.17, 15) is 51.6 Å². The third kappa shape index (κ3) is 20.2. The van der Waals surface area contributed by atoms with Gasteiger partial charge in [-0.25, -0.2) is 76.5 Å². The van der Waals surface area contributed by atoms with Crippen molar-refractivity contribution in [1.29, 1.82) is 0 Å². The molecule has 0 bridgehead atoms. The lowest BCUT2D eigenvalue weighted by Gasteiger charge is -2.25. The number of ether oxygens (including phenoxy) is 2. The number of alkyl halides is 6. The van der Waals surface area contributed by atoms with Gasteiger partial charge >= 0.3 is 0 Å². The first-order valence-corrected chi connectivity index (χ1v) is 40.4. The third-order valence-corrected chi connectivity index (χ3v) is 21.0. The highest BCUT2D eigenvalue weighted by Crippen LogP contribution is 2.42. The average Bonchev–Trinajstić information content (AvgIpc) is 1.60. The summed E-state index contributed by atoms with van der Waals surface area (Å²) in [5, 5.41) is 33.6. The predicted molar refractivity (Wildman–Crippen MR) is 403 cm³/mol. The zero-order valence-corrected chi connectivity index (χ0v) is 64.1. The van der Waals surface area contributed by atoms with Gasteiger partial charge in [-0.15, -0.1) is 5.10 Å². The van der Waals surface area contributed by atoms with Crippen LogP contribution in [0.5, 0.6) is 0 Å². The fourth-order valence-electron chi connectivity index (χ4n) is 11.7. The maximum absolute atomic E-state index is 14.2. The van der Waals surface area contributed by atoms with Crippen LogP contribution in [0.4, 0.5) is 72.0 Å². The van der Waals surface area contributed by atoms with Crippen LogP contribution in [0.2, 0.25) is 20.2 Å². The van der Waals surface area contributed by atoms with Gasteiger partial charge in [0.15, 0.2) is 52.5 Å². The Kier molecular flexibility index (Phi) is 25.4. The number of fused-ring (bicyclic) bond motifs is 3. The van der Waals surface area contributed by atoms with Gasteiger partial charge in [-0.05, 0) is 162 Å². The van der Waals surface area contributed by atoms with Crippen molar-refractivity contribution in [2.75, 3.05) is 53.7 Å². The number of aromatic nitrogens is 13. The molecule has 0 amide bonds. The molecule has 14 rings (SSSR count). The summed E-state index contributed by atoms with van der Waals surface area (Å²) in [7, 11) is -10.9. The van der Waals surface area contributed by atoms with Crippen LogP contribution >= 0.6 is 46.4 Å². The Morgan fingerprint density at radius 1 is 0.468 bits per heavy atom. The molecule has 5 N–H and O–H groups in total. The van der Waals surface area contributed by atoms with Crippen molar-refractivity contribution in [3.05, 3.63) is 187 Å². The van der Waals surface area contributed by atoms with E-state index >= 15 is 0 Å². The number of imidazole rings is 2. The Labute approximate surface area is 641 Å². The minimum absolute atomic E-state index is 0.0161. The number of rotatable bonds is 18. The fraction of sp³-hybridized carbons (Fsp3) is 0.314. The number of aryl methyl sites for hydroxylation is 3. The molecule has 2 saturated heterocycles. The van der Waals surface area contributed by atoms with E-state index < -0.39 is 72.9 Å². The minimum atomic E-state index is -3.67. The highest BCUT2D eigenvalue weighted by molar-refractivity contribution is 7.91. The van der Waals surface area contributed by atoms with Gasteiger partial charge in [0.25, 0.3) is 19.3 Å². The third-order valence-electron chi connectivity index (χ3n) is 16.7. The first kappa shape index (κ1) is 80.7.